The molecule has 152 valence electrons. The number of β-amino-alcohol motifs (C(OH)–C–C–N with tert-alkyl or cyclic N) is 1. The molecule has 1 saturated heterocycles. The fraction of sp³-hybridized carbons (Fsp3) is 0.391. The molecule has 0 aliphatic carbocycles. The highest BCUT2D eigenvalue weighted by atomic mass is 16.3. The Bertz CT molecular complexity index is 948. The van der Waals surface area contributed by atoms with Crippen LogP contribution >= 0.6 is 0 Å². The van der Waals surface area contributed by atoms with Crippen LogP contribution in [0.2, 0.25) is 0 Å². The van der Waals surface area contributed by atoms with Gasteiger partial charge in [0.15, 0.2) is 5.69 Å². The quantitative estimate of drug-likeness (QED) is 0.676. The molecule has 2 N–H and O–H groups in total. The van der Waals surface area contributed by atoms with Gasteiger partial charge in [0, 0.05) is 25.5 Å². The van der Waals surface area contributed by atoms with E-state index in [0.717, 1.165) is 48.9 Å². The number of carbonyl (C=O) groups is 1. The van der Waals surface area contributed by atoms with Crippen LogP contribution in [0.5, 0.6) is 0 Å². The van der Waals surface area contributed by atoms with Crippen molar-refractivity contribution in [3.63, 3.8) is 0 Å². The number of aliphatic hydroxyl groups is 1. The van der Waals surface area contributed by atoms with Gasteiger partial charge in [0.05, 0.1) is 11.6 Å². The van der Waals surface area contributed by atoms with Gasteiger partial charge in [-0.3, -0.25) is 9.89 Å². The summed E-state index contributed by atoms with van der Waals surface area (Å²) in [6.07, 6.45) is 1.60. The Morgan fingerprint density at radius 3 is 2.62 bits per heavy atom. The lowest BCUT2D eigenvalue weighted by Crippen LogP contribution is -2.40. The van der Waals surface area contributed by atoms with E-state index < -0.39 is 6.10 Å². The Labute approximate surface area is 171 Å². The van der Waals surface area contributed by atoms with Crippen molar-refractivity contribution in [3.05, 3.63) is 65.9 Å². The summed E-state index contributed by atoms with van der Waals surface area (Å²) in [6, 6.07) is 17.5. The summed E-state index contributed by atoms with van der Waals surface area (Å²) in [5.41, 5.74) is 2.34. The number of hydrogen-bond donors (Lipinski definition) is 2. The van der Waals surface area contributed by atoms with Crippen LogP contribution in [-0.2, 0) is 0 Å². The van der Waals surface area contributed by atoms with Gasteiger partial charge in [-0.25, -0.2) is 0 Å². The highest BCUT2D eigenvalue weighted by Crippen LogP contribution is 2.23. The number of aliphatic hydroxyl groups excluding tert-OH is 1. The molecule has 1 amide bonds. The van der Waals surface area contributed by atoms with Crippen molar-refractivity contribution in [2.45, 2.75) is 18.9 Å². The smallest absolute Gasteiger partial charge is 0.274 e. The fourth-order valence-electron chi connectivity index (χ4n) is 4.15. The molecular formula is C23H28N4O2. The average Bonchev–Trinajstić information content (AvgIpc) is 3.19. The lowest BCUT2D eigenvalue weighted by atomic mass is 9.95. The molecule has 6 heteroatoms. The van der Waals surface area contributed by atoms with Gasteiger partial charge in [-0.15, -0.1) is 0 Å². The van der Waals surface area contributed by atoms with Crippen LogP contribution in [-0.4, -0.2) is 64.2 Å². The van der Waals surface area contributed by atoms with Gasteiger partial charge in [0.2, 0.25) is 0 Å². The zero-order valence-corrected chi connectivity index (χ0v) is 16.8. The van der Waals surface area contributed by atoms with Crippen LogP contribution in [0.4, 0.5) is 0 Å². The number of aromatic nitrogens is 2. The number of nitrogens with one attached hydrogen (secondary N) is 1. The van der Waals surface area contributed by atoms with Gasteiger partial charge in [-0.2, -0.15) is 5.10 Å². The van der Waals surface area contributed by atoms with Gasteiger partial charge in [0.1, 0.15) is 0 Å². The van der Waals surface area contributed by atoms with E-state index in [1.807, 2.05) is 61.6 Å². The van der Waals surface area contributed by atoms with Crippen molar-refractivity contribution >= 4 is 16.8 Å². The van der Waals surface area contributed by atoms with E-state index in [1.54, 1.807) is 4.90 Å². The van der Waals surface area contributed by atoms with E-state index in [1.165, 1.54) is 0 Å². The third kappa shape index (κ3) is 4.49. The molecule has 6 nitrogen and oxygen atoms in total. The van der Waals surface area contributed by atoms with Gasteiger partial charge in [-0.1, -0.05) is 48.5 Å². The van der Waals surface area contributed by atoms with Gasteiger partial charge in [-0.05, 0) is 43.5 Å². The van der Waals surface area contributed by atoms with Crippen molar-refractivity contribution < 1.29 is 9.90 Å². The maximum Gasteiger partial charge on any atom is 0.274 e. The van der Waals surface area contributed by atoms with E-state index in [9.17, 15) is 9.90 Å². The molecule has 0 spiro atoms. The summed E-state index contributed by atoms with van der Waals surface area (Å²) < 4.78 is 0. The number of piperidine rings is 1. The first-order valence-electron chi connectivity index (χ1n) is 10.3. The van der Waals surface area contributed by atoms with Crippen molar-refractivity contribution in [1.82, 2.24) is 20.0 Å². The topological polar surface area (TPSA) is 72.5 Å². The monoisotopic (exact) mass is 392 g/mol. The zero-order valence-electron chi connectivity index (χ0n) is 16.8. The van der Waals surface area contributed by atoms with Crippen LogP contribution in [0.25, 0.3) is 10.9 Å². The molecule has 1 aliphatic heterocycles. The Balaban J connectivity index is 1.28. The molecule has 0 bridgehead atoms. The number of likely N-dealkylation sites (tertiary alicyclic amines) is 1. The molecule has 0 radical (unpaired) electrons. The van der Waals surface area contributed by atoms with E-state index >= 15 is 0 Å². The number of benzene rings is 2. The van der Waals surface area contributed by atoms with Crippen LogP contribution < -0.4 is 0 Å². The first-order chi connectivity index (χ1) is 14.1. The van der Waals surface area contributed by atoms with E-state index in [4.69, 9.17) is 0 Å². The van der Waals surface area contributed by atoms with Gasteiger partial charge >= 0.3 is 0 Å². The fourth-order valence-corrected chi connectivity index (χ4v) is 4.15. The summed E-state index contributed by atoms with van der Waals surface area (Å²) in [5, 5.41) is 18.5. The highest BCUT2D eigenvalue weighted by Gasteiger charge is 2.25. The normalized spacial score (nSPS) is 16.8. The van der Waals surface area contributed by atoms with Crippen molar-refractivity contribution in [2.24, 2.45) is 5.92 Å². The molecule has 4 rings (SSSR count). The molecule has 2 heterocycles. The van der Waals surface area contributed by atoms with E-state index in [2.05, 4.69) is 15.1 Å². The minimum absolute atomic E-state index is 0.0376. The lowest BCUT2D eigenvalue weighted by Gasteiger charge is -2.34. The van der Waals surface area contributed by atoms with Crippen LogP contribution in [0, 0.1) is 5.92 Å². The second-order valence-electron chi connectivity index (χ2n) is 7.97. The second kappa shape index (κ2) is 8.76. The molecular weight excluding hydrogens is 364 g/mol. The summed E-state index contributed by atoms with van der Waals surface area (Å²) in [4.78, 5) is 17.0. The summed E-state index contributed by atoms with van der Waals surface area (Å²) in [6.45, 7) is 3.28. The predicted molar refractivity (Wildman–Crippen MR) is 114 cm³/mol. The molecule has 1 atom stereocenters. The Morgan fingerprint density at radius 1 is 1.17 bits per heavy atom. The van der Waals surface area contributed by atoms with Crippen molar-refractivity contribution in [2.75, 3.05) is 33.2 Å². The van der Waals surface area contributed by atoms with E-state index in [-0.39, 0.29) is 5.91 Å². The number of aromatic amines is 1. The standard InChI is InChI=1S/C23H28N4O2/c1-26(23(29)22-19-9-5-6-10-20(19)24-25-22)15-17-11-13-27(14-12-17)16-21(28)18-7-3-2-4-8-18/h2-10,17,21,28H,11-16H2,1H3,(H,24,25). The SMILES string of the molecule is CN(CC1CCN(CC(O)c2ccccc2)CC1)C(=O)c1n[nH]c2ccccc12. The Morgan fingerprint density at radius 2 is 1.86 bits per heavy atom. The first kappa shape index (κ1) is 19.6. The lowest BCUT2D eigenvalue weighted by molar-refractivity contribution is 0.0678. The molecule has 1 aliphatic rings. The number of nitrogens with zero attached hydrogens (tertiary/aromatic N) is 3. The third-order valence-electron chi connectivity index (χ3n) is 5.87. The maximum absolute atomic E-state index is 12.9. The molecule has 3 aromatic rings. The van der Waals surface area contributed by atoms with Crippen LogP contribution in [0.15, 0.2) is 54.6 Å². The number of para-hydroxylation sites is 1. The number of rotatable bonds is 6. The molecule has 1 aromatic heterocycles. The van der Waals surface area contributed by atoms with Gasteiger partial charge < -0.3 is 14.9 Å². The third-order valence-corrected chi connectivity index (χ3v) is 5.87. The van der Waals surface area contributed by atoms with Crippen molar-refractivity contribution in [1.29, 1.82) is 0 Å². The van der Waals surface area contributed by atoms with Gasteiger partial charge in [0.25, 0.3) is 5.91 Å². The molecule has 0 saturated carbocycles. The molecule has 1 unspecified atom stereocenters. The summed E-state index contributed by atoms with van der Waals surface area (Å²) in [7, 11) is 1.86. The largest absolute Gasteiger partial charge is 0.387 e. The Hall–Kier alpha value is -2.70. The zero-order chi connectivity index (χ0) is 20.2. The number of carbonyl (C=O) groups excluding carboxylic acids is 1. The number of amides is 1. The number of H-pyrrole nitrogens is 1. The molecule has 29 heavy (non-hydrogen) atoms. The number of hydrogen-bond acceptors (Lipinski definition) is 4. The first-order valence-corrected chi connectivity index (χ1v) is 10.3. The minimum Gasteiger partial charge on any atom is -0.387 e. The molecule has 1 fully saturated rings. The number of fused-ring (bicyclic) bond motifs is 1. The second-order valence-corrected chi connectivity index (χ2v) is 7.97. The maximum atomic E-state index is 12.9. The predicted octanol–water partition coefficient (Wildman–Crippen LogP) is 3.08. The minimum atomic E-state index is -0.454. The van der Waals surface area contributed by atoms with E-state index in [0.29, 0.717) is 18.2 Å². The summed E-state index contributed by atoms with van der Waals surface area (Å²) >= 11 is 0. The molecule has 2 aromatic carbocycles. The Kier molecular flexibility index (Phi) is 5.92. The van der Waals surface area contributed by atoms with Crippen LogP contribution in [0.1, 0.15) is 35.0 Å². The van der Waals surface area contributed by atoms with Crippen molar-refractivity contribution in [3.8, 4) is 0 Å². The summed E-state index contributed by atoms with van der Waals surface area (Å²) in [5.74, 6) is 0.434. The average molecular weight is 393 g/mol. The van der Waals surface area contributed by atoms with Crippen LogP contribution in [0.3, 0.4) is 0 Å². The highest BCUT2D eigenvalue weighted by molar-refractivity contribution is 6.04.